The highest BCUT2D eigenvalue weighted by molar-refractivity contribution is 7.10. The molecule has 1 unspecified atom stereocenters. The van der Waals surface area contributed by atoms with Crippen LogP contribution in [0.25, 0.3) is 0 Å². The minimum Gasteiger partial charge on any atom is -0.494 e. The van der Waals surface area contributed by atoms with Gasteiger partial charge in [0.2, 0.25) is 5.91 Å². The maximum Gasteiger partial charge on any atom is 0.220 e. The van der Waals surface area contributed by atoms with Gasteiger partial charge in [-0.25, -0.2) is 0 Å². The predicted octanol–water partition coefficient (Wildman–Crippen LogP) is 4.64. The van der Waals surface area contributed by atoms with Gasteiger partial charge in [0.1, 0.15) is 5.75 Å². The van der Waals surface area contributed by atoms with E-state index in [1.54, 1.807) is 11.3 Å². The number of rotatable bonds is 9. The second-order valence-corrected chi connectivity index (χ2v) is 8.03. The van der Waals surface area contributed by atoms with Crippen LogP contribution in [-0.2, 0) is 4.79 Å². The first-order chi connectivity index (χ1) is 13.3. The zero-order chi connectivity index (χ0) is 18.7. The number of hydrogen-bond donors (Lipinski definition) is 1. The zero-order valence-electron chi connectivity index (χ0n) is 15.9. The molecule has 0 spiro atoms. The molecule has 1 fully saturated rings. The fourth-order valence-corrected chi connectivity index (χ4v) is 4.40. The molecule has 2 aromatic rings. The van der Waals surface area contributed by atoms with Gasteiger partial charge in [0.25, 0.3) is 0 Å². The van der Waals surface area contributed by atoms with Crippen LogP contribution in [0.1, 0.15) is 49.4 Å². The van der Waals surface area contributed by atoms with E-state index in [4.69, 9.17) is 4.74 Å². The number of hydrogen-bond acceptors (Lipinski definition) is 4. The van der Waals surface area contributed by atoms with Gasteiger partial charge in [0, 0.05) is 17.8 Å². The van der Waals surface area contributed by atoms with Gasteiger partial charge < -0.3 is 10.1 Å². The van der Waals surface area contributed by atoms with E-state index in [2.05, 4.69) is 27.7 Å². The summed E-state index contributed by atoms with van der Waals surface area (Å²) in [5.41, 5.74) is 0. The molecule has 3 rings (SSSR count). The number of nitrogens with zero attached hydrogens (tertiary/aromatic N) is 1. The summed E-state index contributed by atoms with van der Waals surface area (Å²) in [5.74, 6) is 0.972. The number of ether oxygens (including phenoxy) is 1. The van der Waals surface area contributed by atoms with Gasteiger partial charge in [-0.2, -0.15) is 0 Å². The SMILES string of the molecule is O=C(CCCOc1ccccc1)NCC(c1cccs1)N1CCCCCC1. The number of thiophene rings is 1. The van der Waals surface area contributed by atoms with E-state index < -0.39 is 0 Å². The van der Waals surface area contributed by atoms with Crippen molar-refractivity contribution in [1.29, 1.82) is 0 Å². The van der Waals surface area contributed by atoms with Gasteiger partial charge in [-0.15, -0.1) is 11.3 Å². The minimum atomic E-state index is 0.114. The first kappa shape index (κ1) is 19.9. The van der Waals surface area contributed by atoms with Crippen molar-refractivity contribution in [3.05, 3.63) is 52.7 Å². The van der Waals surface area contributed by atoms with E-state index in [0.717, 1.165) is 25.3 Å². The van der Waals surface area contributed by atoms with E-state index in [1.807, 2.05) is 30.3 Å². The fourth-order valence-electron chi connectivity index (χ4n) is 3.54. The van der Waals surface area contributed by atoms with Crippen molar-refractivity contribution in [3.8, 4) is 5.75 Å². The van der Waals surface area contributed by atoms with Crippen molar-refractivity contribution >= 4 is 17.2 Å². The maximum atomic E-state index is 12.3. The average molecular weight is 387 g/mol. The van der Waals surface area contributed by atoms with Crippen LogP contribution >= 0.6 is 11.3 Å². The van der Waals surface area contributed by atoms with Crippen LogP contribution in [0.2, 0.25) is 0 Å². The lowest BCUT2D eigenvalue weighted by molar-refractivity contribution is -0.121. The highest BCUT2D eigenvalue weighted by Crippen LogP contribution is 2.27. The Kier molecular flexibility index (Phi) is 8.18. The Balaban J connectivity index is 1.43. The normalized spacial score (nSPS) is 16.4. The largest absolute Gasteiger partial charge is 0.494 e. The molecule has 1 aromatic carbocycles. The third kappa shape index (κ3) is 6.67. The molecular weight excluding hydrogens is 356 g/mol. The van der Waals surface area contributed by atoms with Crippen LogP contribution in [0, 0.1) is 0 Å². The molecule has 1 atom stereocenters. The molecule has 0 saturated carbocycles. The monoisotopic (exact) mass is 386 g/mol. The molecular formula is C22H30N2O2S. The molecule has 1 aliphatic rings. The molecule has 2 heterocycles. The van der Waals surface area contributed by atoms with E-state index in [0.29, 0.717) is 25.6 Å². The second kappa shape index (κ2) is 11.1. The third-order valence-electron chi connectivity index (χ3n) is 5.01. The summed E-state index contributed by atoms with van der Waals surface area (Å²) in [6, 6.07) is 14.3. The Morgan fingerprint density at radius 1 is 1.07 bits per heavy atom. The summed E-state index contributed by atoms with van der Waals surface area (Å²) < 4.78 is 5.66. The number of nitrogens with one attached hydrogen (secondary N) is 1. The molecule has 0 bridgehead atoms. The average Bonchev–Trinajstić information content (AvgIpc) is 3.09. The highest BCUT2D eigenvalue weighted by Gasteiger charge is 2.22. The van der Waals surface area contributed by atoms with E-state index in [1.165, 1.54) is 30.6 Å². The molecule has 27 heavy (non-hydrogen) atoms. The topological polar surface area (TPSA) is 41.6 Å². The summed E-state index contributed by atoms with van der Waals surface area (Å²) in [6.07, 6.45) is 6.39. The van der Waals surface area contributed by atoms with Crippen LogP contribution in [0.15, 0.2) is 47.8 Å². The minimum absolute atomic E-state index is 0.114. The summed E-state index contributed by atoms with van der Waals surface area (Å²) in [7, 11) is 0. The Bertz CT molecular complexity index is 652. The molecule has 146 valence electrons. The van der Waals surface area contributed by atoms with Gasteiger partial charge in [-0.3, -0.25) is 9.69 Å². The first-order valence-corrected chi connectivity index (χ1v) is 10.9. The number of benzene rings is 1. The van der Waals surface area contributed by atoms with Crippen LogP contribution < -0.4 is 10.1 Å². The second-order valence-electron chi connectivity index (χ2n) is 7.05. The van der Waals surface area contributed by atoms with Gasteiger partial charge in [-0.05, 0) is 55.9 Å². The van der Waals surface area contributed by atoms with Gasteiger partial charge in [0.15, 0.2) is 0 Å². The molecule has 0 radical (unpaired) electrons. The van der Waals surface area contributed by atoms with Crippen molar-refractivity contribution in [3.63, 3.8) is 0 Å². The molecule has 1 saturated heterocycles. The Hall–Kier alpha value is -1.85. The van der Waals surface area contributed by atoms with Crippen LogP contribution in [-0.4, -0.2) is 37.0 Å². The number of para-hydroxylation sites is 1. The van der Waals surface area contributed by atoms with Crippen molar-refractivity contribution in [2.24, 2.45) is 0 Å². The molecule has 0 aliphatic carbocycles. The lowest BCUT2D eigenvalue weighted by Crippen LogP contribution is -2.38. The Labute approximate surface area is 166 Å². The predicted molar refractivity (Wildman–Crippen MR) is 111 cm³/mol. The number of amides is 1. The quantitative estimate of drug-likeness (QED) is 0.638. The summed E-state index contributed by atoms with van der Waals surface area (Å²) in [5, 5.41) is 5.29. The van der Waals surface area contributed by atoms with Crippen molar-refractivity contribution < 1.29 is 9.53 Å². The number of carbonyl (C=O) groups is 1. The van der Waals surface area contributed by atoms with E-state index in [9.17, 15) is 4.79 Å². The van der Waals surface area contributed by atoms with Crippen LogP contribution in [0.4, 0.5) is 0 Å². The van der Waals surface area contributed by atoms with Gasteiger partial charge in [-0.1, -0.05) is 37.1 Å². The molecule has 1 amide bonds. The van der Waals surface area contributed by atoms with Crippen LogP contribution in [0.5, 0.6) is 5.75 Å². The number of likely N-dealkylation sites (tertiary alicyclic amines) is 1. The zero-order valence-corrected chi connectivity index (χ0v) is 16.8. The lowest BCUT2D eigenvalue weighted by Gasteiger charge is -2.30. The molecule has 4 nitrogen and oxygen atoms in total. The maximum absolute atomic E-state index is 12.3. The summed E-state index contributed by atoms with van der Waals surface area (Å²) in [6.45, 7) is 3.52. The molecule has 1 N–H and O–H groups in total. The van der Waals surface area contributed by atoms with E-state index >= 15 is 0 Å². The Morgan fingerprint density at radius 2 is 1.85 bits per heavy atom. The van der Waals surface area contributed by atoms with Crippen molar-refractivity contribution in [2.75, 3.05) is 26.2 Å². The first-order valence-electron chi connectivity index (χ1n) is 10.0. The van der Waals surface area contributed by atoms with Crippen LogP contribution in [0.3, 0.4) is 0 Å². The number of carbonyl (C=O) groups excluding carboxylic acids is 1. The standard InChI is InChI=1S/C22H30N2O2S/c25-22(13-8-16-26-19-10-4-3-5-11-19)23-18-20(21-12-9-17-27-21)24-14-6-1-2-7-15-24/h3-5,9-12,17,20H,1-2,6-8,13-16,18H2,(H,23,25). The smallest absolute Gasteiger partial charge is 0.220 e. The Morgan fingerprint density at radius 3 is 2.56 bits per heavy atom. The summed E-state index contributed by atoms with van der Waals surface area (Å²) >= 11 is 1.79. The van der Waals surface area contributed by atoms with Crippen molar-refractivity contribution in [1.82, 2.24) is 10.2 Å². The molecule has 5 heteroatoms. The fraction of sp³-hybridized carbons (Fsp3) is 0.500. The molecule has 1 aliphatic heterocycles. The van der Waals surface area contributed by atoms with E-state index in [-0.39, 0.29) is 5.91 Å². The van der Waals surface area contributed by atoms with Gasteiger partial charge >= 0.3 is 0 Å². The summed E-state index contributed by atoms with van der Waals surface area (Å²) in [4.78, 5) is 16.2. The molecule has 1 aromatic heterocycles. The third-order valence-corrected chi connectivity index (χ3v) is 5.98. The highest BCUT2D eigenvalue weighted by atomic mass is 32.1. The van der Waals surface area contributed by atoms with Gasteiger partial charge in [0.05, 0.1) is 12.6 Å². The lowest BCUT2D eigenvalue weighted by atomic mass is 10.2. The van der Waals surface area contributed by atoms with Crippen molar-refractivity contribution in [2.45, 2.75) is 44.6 Å².